The minimum absolute atomic E-state index is 0.0191. The van der Waals surface area contributed by atoms with Crippen LogP contribution in [0.1, 0.15) is 44.4 Å². The number of amides is 5. The highest BCUT2D eigenvalue weighted by molar-refractivity contribution is 14.1. The molecule has 5 atom stereocenters. The summed E-state index contributed by atoms with van der Waals surface area (Å²) in [6.45, 7) is 6.25. The number of aromatic hydroxyl groups is 1. The Balaban J connectivity index is 1.67. The Hall–Kier alpha value is -4.33. The zero-order valence-corrected chi connectivity index (χ0v) is 35.1. The number of hydrogen-bond donors (Lipinski definition) is 8. The molecule has 1 heterocycles. The number of phenolic OH excluding ortho intramolecular Hbond substituents is 1. The van der Waals surface area contributed by atoms with E-state index in [9.17, 15) is 39.0 Å². The third-order valence-corrected chi connectivity index (χ3v) is 14.0. The van der Waals surface area contributed by atoms with Crippen molar-refractivity contribution in [1.82, 2.24) is 26.6 Å². The Labute approximate surface area is 347 Å². The number of benzene rings is 3. The van der Waals surface area contributed by atoms with Crippen LogP contribution in [0, 0.1) is 3.57 Å². The molecule has 0 spiro atoms. The first-order chi connectivity index (χ1) is 26.3. The van der Waals surface area contributed by atoms with Gasteiger partial charge in [-0.05, 0) is 97.7 Å². The van der Waals surface area contributed by atoms with Crippen LogP contribution in [-0.4, -0.2) is 92.0 Å². The van der Waals surface area contributed by atoms with Crippen LogP contribution in [0.3, 0.4) is 0 Å². The van der Waals surface area contributed by atoms with Gasteiger partial charge in [0.2, 0.25) is 29.5 Å². The standard InChI is InChI=1S/C39H47IN6O8S2/c1-38(2)31(45-33(49)27(41)18-23-12-16-26(47)17-13-23)35(51)42-21-30(48)43-28(19-24-10-14-25(40)15-11-24)34(50)46-32(39(3,4)56-55-38)36(52)44-29(37(53)54)20-22-8-6-5-7-9-22/h5-17,27-29,31-32,47H,18-21,41H2,1-4H3,(H,42,51)(H,43,48)(H,44,52)(H,45,49)(H,46,50)(H,53,54)/t27-,28-,29-,31?,32+/m0/s1. The molecule has 0 aromatic heterocycles. The van der Waals surface area contributed by atoms with Crippen LogP contribution in [0.4, 0.5) is 0 Å². The predicted molar refractivity (Wildman–Crippen MR) is 225 cm³/mol. The molecule has 56 heavy (non-hydrogen) atoms. The van der Waals surface area contributed by atoms with Gasteiger partial charge in [-0.15, -0.1) is 0 Å². The Bertz CT molecular complexity index is 1880. The first kappa shape index (κ1) is 44.4. The number of carbonyl (C=O) groups is 6. The van der Waals surface area contributed by atoms with Crippen LogP contribution >= 0.6 is 44.2 Å². The zero-order chi connectivity index (χ0) is 41.2. The second kappa shape index (κ2) is 19.7. The number of carboxylic acids is 1. The molecular weight excluding hydrogens is 872 g/mol. The number of aliphatic carboxylic acids is 1. The molecular formula is C39H47IN6O8S2. The molecule has 5 amide bonds. The molecule has 4 rings (SSSR count). The predicted octanol–water partition coefficient (Wildman–Crippen LogP) is 2.44. The van der Waals surface area contributed by atoms with Gasteiger partial charge in [0.05, 0.1) is 12.6 Å². The van der Waals surface area contributed by atoms with E-state index in [0.717, 1.165) is 25.2 Å². The topological polar surface area (TPSA) is 229 Å². The van der Waals surface area contributed by atoms with Gasteiger partial charge in [0.1, 0.15) is 29.9 Å². The molecule has 1 aliphatic rings. The number of carbonyl (C=O) groups excluding carboxylic acids is 5. The molecule has 3 aromatic rings. The van der Waals surface area contributed by atoms with Crippen molar-refractivity contribution >= 4 is 79.7 Å². The lowest BCUT2D eigenvalue weighted by Gasteiger charge is -2.39. The molecule has 14 nitrogen and oxygen atoms in total. The van der Waals surface area contributed by atoms with Crippen LogP contribution < -0.4 is 32.3 Å². The molecule has 1 saturated heterocycles. The number of rotatable bonds is 11. The van der Waals surface area contributed by atoms with Crippen molar-refractivity contribution in [3.8, 4) is 5.75 Å². The summed E-state index contributed by atoms with van der Waals surface area (Å²) >= 11 is 2.15. The van der Waals surface area contributed by atoms with Gasteiger partial charge in [-0.3, -0.25) is 24.0 Å². The van der Waals surface area contributed by atoms with Crippen molar-refractivity contribution < 1.29 is 39.0 Å². The normalized spacial score (nSPS) is 21.2. The molecule has 1 unspecified atom stereocenters. The van der Waals surface area contributed by atoms with E-state index in [0.29, 0.717) is 16.7 Å². The average molecular weight is 919 g/mol. The van der Waals surface area contributed by atoms with Crippen molar-refractivity contribution in [3.05, 3.63) is 99.1 Å². The minimum Gasteiger partial charge on any atom is -0.508 e. The third-order valence-electron chi connectivity index (χ3n) is 9.01. The van der Waals surface area contributed by atoms with Gasteiger partial charge >= 0.3 is 5.97 Å². The highest BCUT2D eigenvalue weighted by atomic mass is 127. The number of phenols is 1. The van der Waals surface area contributed by atoms with Gasteiger partial charge in [0.25, 0.3) is 0 Å². The van der Waals surface area contributed by atoms with Gasteiger partial charge < -0.3 is 42.5 Å². The summed E-state index contributed by atoms with van der Waals surface area (Å²) < 4.78 is -1.34. The van der Waals surface area contributed by atoms with Gasteiger partial charge in [0, 0.05) is 25.9 Å². The zero-order valence-electron chi connectivity index (χ0n) is 31.3. The molecule has 9 N–H and O–H groups in total. The maximum atomic E-state index is 14.2. The summed E-state index contributed by atoms with van der Waals surface area (Å²) in [5, 5.41) is 33.2. The van der Waals surface area contributed by atoms with Gasteiger partial charge in [-0.25, -0.2) is 4.79 Å². The fraction of sp³-hybridized carbons (Fsp3) is 0.385. The summed E-state index contributed by atoms with van der Waals surface area (Å²) in [6, 6.07) is 16.1. The highest BCUT2D eigenvalue weighted by Gasteiger charge is 2.45. The monoisotopic (exact) mass is 918 g/mol. The van der Waals surface area contributed by atoms with Crippen LogP contribution in [0.15, 0.2) is 78.9 Å². The van der Waals surface area contributed by atoms with Crippen molar-refractivity contribution in [2.75, 3.05) is 6.54 Å². The maximum Gasteiger partial charge on any atom is 0.326 e. The van der Waals surface area contributed by atoms with E-state index in [4.69, 9.17) is 5.73 Å². The van der Waals surface area contributed by atoms with E-state index in [2.05, 4.69) is 49.2 Å². The average Bonchev–Trinajstić information content (AvgIpc) is 3.15. The smallest absolute Gasteiger partial charge is 0.326 e. The number of carboxylic acid groups (broad SMARTS) is 1. The first-order valence-electron chi connectivity index (χ1n) is 17.7. The summed E-state index contributed by atoms with van der Waals surface area (Å²) in [5.41, 5.74) is 8.34. The fourth-order valence-corrected chi connectivity index (χ4v) is 8.96. The quantitative estimate of drug-likeness (QED) is 0.103. The molecule has 0 aliphatic carbocycles. The van der Waals surface area contributed by atoms with Crippen molar-refractivity contribution in [2.24, 2.45) is 5.73 Å². The van der Waals surface area contributed by atoms with Gasteiger partial charge in [-0.2, -0.15) is 0 Å². The lowest BCUT2D eigenvalue weighted by Crippen LogP contribution is -2.63. The lowest BCUT2D eigenvalue weighted by atomic mass is 9.99. The van der Waals surface area contributed by atoms with Gasteiger partial charge in [-0.1, -0.05) is 76.2 Å². The van der Waals surface area contributed by atoms with Crippen LogP contribution in [0.2, 0.25) is 0 Å². The molecule has 300 valence electrons. The summed E-state index contributed by atoms with van der Waals surface area (Å²) in [6.07, 6.45) is 0.128. The highest BCUT2D eigenvalue weighted by Crippen LogP contribution is 2.46. The molecule has 1 fully saturated rings. The number of halogens is 1. The Kier molecular flexibility index (Phi) is 15.6. The van der Waals surface area contributed by atoms with E-state index < -0.39 is 81.8 Å². The number of hydrogen-bond acceptors (Lipinski definition) is 10. The Morgan fingerprint density at radius 2 is 1.43 bits per heavy atom. The van der Waals surface area contributed by atoms with Crippen molar-refractivity contribution in [3.63, 3.8) is 0 Å². The minimum atomic E-state index is -1.35. The van der Waals surface area contributed by atoms with Crippen molar-refractivity contribution in [1.29, 1.82) is 0 Å². The second-order valence-corrected chi connectivity index (χ2v) is 19.2. The van der Waals surface area contributed by atoms with Crippen LogP contribution in [0.5, 0.6) is 5.75 Å². The molecule has 0 bridgehead atoms. The molecule has 3 aromatic carbocycles. The van der Waals surface area contributed by atoms with Crippen molar-refractivity contribution in [2.45, 2.75) is 86.7 Å². The number of nitrogens with two attached hydrogens (primary N) is 1. The Morgan fingerprint density at radius 3 is 2.05 bits per heavy atom. The van der Waals surface area contributed by atoms with E-state index in [1.54, 1.807) is 82.3 Å². The second-order valence-electron chi connectivity index (χ2n) is 14.5. The summed E-state index contributed by atoms with van der Waals surface area (Å²) in [4.78, 5) is 81.4. The van der Waals surface area contributed by atoms with Crippen LogP contribution in [0.25, 0.3) is 0 Å². The fourth-order valence-electron chi connectivity index (χ4n) is 5.78. The Morgan fingerprint density at radius 1 is 0.839 bits per heavy atom. The molecule has 0 saturated carbocycles. The molecule has 17 heteroatoms. The lowest BCUT2D eigenvalue weighted by molar-refractivity contribution is -0.142. The number of nitrogens with one attached hydrogen (secondary N) is 5. The van der Waals surface area contributed by atoms with Gasteiger partial charge in [0.15, 0.2) is 0 Å². The first-order valence-corrected chi connectivity index (χ1v) is 21.0. The molecule has 1 aliphatic heterocycles. The third kappa shape index (κ3) is 12.9. The maximum absolute atomic E-state index is 14.2. The van der Waals surface area contributed by atoms with E-state index in [1.807, 2.05) is 12.1 Å². The SMILES string of the molecule is CC1(C)SSC(C)(C)[C@@H](C(=O)N[C@@H](Cc2ccccc2)C(=O)O)NC(=O)[C@H](Cc2ccc(I)cc2)NC(=O)CNC(=O)C1NC(=O)[C@@H](N)Cc1ccc(O)cc1. The summed E-state index contributed by atoms with van der Waals surface area (Å²) in [5.74, 6) is -4.71. The largest absolute Gasteiger partial charge is 0.508 e. The summed E-state index contributed by atoms with van der Waals surface area (Å²) in [7, 11) is 2.32. The van der Waals surface area contributed by atoms with E-state index in [-0.39, 0.29) is 25.0 Å². The molecule has 0 radical (unpaired) electrons. The van der Waals surface area contributed by atoms with E-state index in [1.165, 1.54) is 12.1 Å². The van der Waals surface area contributed by atoms with E-state index >= 15 is 0 Å². The van der Waals surface area contributed by atoms with Crippen LogP contribution in [-0.2, 0) is 48.0 Å².